The molecule has 0 aliphatic carbocycles. The van der Waals surface area contributed by atoms with Gasteiger partial charge in [-0.2, -0.15) is 0 Å². The van der Waals surface area contributed by atoms with Crippen LogP contribution in [0.15, 0.2) is 78.9 Å². The number of hydrogen-bond acceptors (Lipinski definition) is 25. The predicted octanol–water partition coefficient (Wildman–Crippen LogP) is 0.528. The van der Waals surface area contributed by atoms with E-state index in [-0.39, 0.29) is 58.6 Å². The van der Waals surface area contributed by atoms with Crippen LogP contribution in [0.4, 0.5) is 0 Å². The first-order valence-corrected chi connectivity index (χ1v) is 32.4. The number of benzene rings is 5. The average molecular weight is 1490 g/mol. The number of phenolic OH excluding ortho intramolecular Hbond substituents is 3. The second-order valence-corrected chi connectivity index (χ2v) is 26.5. The molecular weight excluding hydrogens is 1410 g/mol. The summed E-state index contributed by atoms with van der Waals surface area (Å²) in [6.45, 7) is 5.66. The Morgan fingerprint density at radius 1 is 0.716 bits per heavy atom. The quantitative estimate of drug-likeness (QED) is 0.0764. The molecular formula is C66H76Cl3N9O24. The summed E-state index contributed by atoms with van der Waals surface area (Å²) in [7, 11) is 1.47. The number of aliphatic hydroxyl groups excluding tert-OH is 6. The van der Waals surface area contributed by atoms with Crippen LogP contribution in [-0.4, -0.2) is 191 Å². The molecule has 102 heavy (non-hydrogen) atoms. The van der Waals surface area contributed by atoms with Crippen LogP contribution in [0.25, 0.3) is 11.1 Å². The summed E-state index contributed by atoms with van der Waals surface area (Å²) in [4.78, 5) is 117. The van der Waals surface area contributed by atoms with E-state index in [4.69, 9.17) is 63.1 Å². The van der Waals surface area contributed by atoms with Gasteiger partial charge in [0, 0.05) is 34.7 Å². The van der Waals surface area contributed by atoms with Gasteiger partial charge < -0.3 is 128 Å². The van der Waals surface area contributed by atoms with Gasteiger partial charge >= 0.3 is 5.97 Å². The van der Waals surface area contributed by atoms with Gasteiger partial charge in [0.15, 0.2) is 29.9 Å². The number of aromatic hydroxyl groups is 3. The molecule has 18 atom stereocenters. The van der Waals surface area contributed by atoms with Crippen molar-refractivity contribution in [1.82, 2.24) is 37.2 Å². The number of aliphatic carboxylic acids is 1. The standard InChI is InChI=1S/C66H75Cl2N9O24.ClH/c1-23(2)12-34(71-5)58(88)76-49-51(83)26-7-10-38(32(67)14-26)97-40-16-28-17-41(55(40)101-65-56(54(86)53(85)42(22-78)99-65)100-44-21-66(4,70)57(87)24(3)96-44)98-39-11-8-27(15-33(39)68)52(84)50-63(93)75-48(64(94)95)31-18-29(79)19-37(81)45(31)30-13-25(6-9-36(30)80)46(60(90)77-50)74-61(91)47(28)73-59(89)35(20-43(69)82)72-62(49)92;/h6-11,13-19,23-24,34-35,42,44,46-54,56-57,65,71,78-81,83-87H,12,20-22,70H2,1-5H3,(H2,69,82)(H,72,92)(H,73,89)(H,74,91)(H,75,93)(H,76,88)(H,77,90)(H,94,95);1H/t24-,34+,35+,42+,44-,46-,47-,48-,49-,50+,51-,52-,53+,54-,56+,57+,65-,66-;/m1./s1. The molecule has 0 aromatic heterocycles. The number of halogens is 3. The van der Waals surface area contributed by atoms with Crippen molar-refractivity contribution in [3.05, 3.63) is 117 Å². The van der Waals surface area contributed by atoms with Crippen LogP contribution in [0.1, 0.15) is 105 Å². The number of aliphatic hydroxyl groups is 6. The molecule has 11 bridgehead atoms. The van der Waals surface area contributed by atoms with E-state index >= 15 is 14.4 Å². The molecule has 0 radical (unpaired) electrons. The number of rotatable bonds is 13. The maximum Gasteiger partial charge on any atom is 0.330 e. The monoisotopic (exact) mass is 1480 g/mol. The largest absolute Gasteiger partial charge is 0.508 e. The molecule has 2 saturated heterocycles. The van der Waals surface area contributed by atoms with Gasteiger partial charge in [-0.15, -0.1) is 12.4 Å². The molecule has 7 heterocycles. The molecule has 12 rings (SSSR count). The van der Waals surface area contributed by atoms with Crippen LogP contribution < -0.4 is 62.9 Å². The zero-order valence-corrected chi connectivity index (χ0v) is 57.1. The fraction of sp³-hybridized carbons (Fsp3) is 0.424. The van der Waals surface area contributed by atoms with Crippen molar-refractivity contribution < 1.29 is 118 Å². The zero-order chi connectivity index (χ0) is 73.5. The molecule has 0 spiro atoms. The van der Waals surface area contributed by atoms with Gasteiger partial charge in [-0.1, -0.05) is 55.2 Å². The molecule has 36 heteroatoms. The molecule has 2 fully saturated rings. The second-order valence-electron chi connectivity index (χ2n) is 25.7. The summed E-state index contributed by atoms with van der Waals surface area (Å²) in [6, 6.07) is -0.679. The van der Waals surface area contributed by atoms with Crippen LogP contribution in [-0.2, 0) is 52.6 Å². The maximum absolute atomic E-state index is 16.0. The highest BCUT2D eigenvalue weighted by molar-refractivity contribution is 6.32. The molecule has 0 saturated carbocycles. The van der Waals surface area contributed by atoms with Crippen molar-refractivity contribution in [2.45, 2.75) is 156 Å². The molecule has 33 nitrogen and oxygen atoms in total. The molecule has 5 aromatic carbocycles. The van der Waals surface area contributed by atoms with Gasteiger partial charge in [0.05, 0.1) is 41.3 Å². The number of ether oxygens (including phenoxy) is 6. The third-order valence-corrected chi connectivity index (χ3v) is 18.4. The van der Waals surface area contributed by atoms with Crippen LogP contribution in [0.5, 0.6) is 46.0 Å². The maximum atomic E-state index is 16.0. The lowest BCUT2D eigenvalue weighted by atomic mass is 9.86. The number of hydrogen-bond donors (Lipinski definition) is 19. The summed E-state index contributed by atoms with van der Waals surface area (Å²) >= 11 is 14.1. The number of nitrogens with one attached hydrogen (secondary N) is 7. The summed E-state index contributed by atoms with van der Waals surface area (Å²) in [5.74, 6) is -16.0. The number of primary amides is 1. The van der Waals surface area contributed by atoms with E-state index in [1.54, 1.807) is 0 Å². The fourth-order valence-corrected chi connectivity index (χ4v) is 12.9. The van der Waals surface area contributed by atoms with Crippen LogP contribution in [0.2, 0.25) is 10.0 Å². The number of likely N-dealkylation sites (N-methyl/N-ethyl adjacent to an activating group) is 1. The molecule has 0 unspecified atom stereocenters. The highest BCUT2D eigenvalue weighted by Gasteiger charge is 2.51. The van der Waals surface area contributed by atoms with Gasteiger partial charge in [-0.25, -0.2) is 4.79 Å². The Morgan fingerprint density at radius 3 is 1.89 bits per heavy atom. The molecule has 21 N–H and O–H groups in total. The van der Waals surface area contributed by atoms with Crippen molar-refractivity contribution in [3.63, 3.8) is 0 Å². The average Bonchev–Trinajstić information content (AvgIpc) is 0.773. The number of amides is 7. The Morgan fingerprint density at radius 2 is 1.31 bits per heavy atom. The number of phenols is 3. The first kappa shape index (κ1) is 77.3. The van der Waals surface area contributed by atoms with Crippen molar-refractivity contribution in [2.75, 3.05) is 13.7 Å². The van der Waals surface area contributed by atoms with E-state index in [1.165, 1.54) is 33.0 Å². The van der Waals surface area contributed by atoms with E-state index < -0.39 is 237 Å². The summed E-state index contributed by atoms with van der Waals surface area (Å²) in [5.41, 5.74) is 8.00. The molecule has 550 valence electrons. The topological polar surface area (TPSA) is 530 Å². The fourth-order valence-electron chi connectivity index (χ4n) is 12.5. The lowest BCUT2D eigenvalue weighted by Gasteiger charge is -2.47. The van der Waals surface area contributed by atoms with Gasteiger partial charge in [-0.3, -0.25) is 33.6 Å². The van der Waals surface area contributed by atoms with Gasteiger partial charge in [0.25, 0.3) is 0 Å². The SMILES string of the molecule is CN[C@@H](CC(C)C)C(=O)N[C@H]1C(=O)N[C@@H](CC(N)=O)C(=O)N[C@H]2C(=O)N[C@H]3C(=O)N[C@H](C(=O)N[C@@H](C(=O)O)c4cc(O)cc(O)c4-c4cc3ccc4O)[C@H](O)c3ccc(c(Cl)c3)Oc3cc2cc(c3O[C@H]2O[C@@H](CO)[C@H](O)[C@@H](O)[C@@H]2O[C@@H]2C[C@@](C)(N)[C@@H](O)[C@@H](C)O2)Oc2ccc(cc2Cl)[C@H]1O.Cl. The van der Waals surface area contributed by atoms with Crippen molar-refractivity contribution in [1.29, 1.82) is 0 Å². The Hall–Kier alpha value is -8.91. The number of carbonyl (C=O) groups excluding carboxylic acids is 7. The lowest BCUT2D eigenvalue weighted by Crippen LogP contribution is -2.64. The number of fused-ring (bicyclic) bond motifs is 15. The number of carboxylic acid groups (broad SMARTS) is 1. The normalized spacial score (nSPS) is 29.1. The molecule has 7 aliphatic rings. The summed E-state index contributed by atoms with van der Waals surface area (Å²) in [5, 5.41) is 131. The number of carboxylic acids is 1. The highest BCUT2D eigenvalue weighted by Crippen LogP contribution is 2.50. The van der Waals surface area contributed by atoms with Gasteiger partial charge in [-0.05, 0) is 110 Å². The summed E-state index contributed by atoms with van der Waals surface area (Å²) in [6.07, 6.45) is -18.6. The Labute approximate surface area is 596 Å². The Kier molecular flexibility index (Phi) is 23.8. The predicted molar refractivity (Wildman–Crippen MR) is 357 cm³/mol. The summed E-state index contributed by atoms with van der Waals surface area (Å²) < 4.78 is 38.3. The molecule has 5 aromatic rings. The lowest BCUT2D eigenvalue weighted by molar-refractivity contribution is -0.333. The van der Waals surface area contributed by atoms with E-state index in [2.05, 4.69) is 37.2 Å². The minimum Gasteiger partial charge on any atom is -0.508 e. The van der Waals surface area contributed by atoms with Crippen molar-refractivity contribution in [3.8, 4) is 57.1 Å². The van der Waals surface area contributed by atoms with E-state index in [1.807, 2.05) is 13.8 Å². The smallest absolute Gasteiger partial charge is 0.330 e. The van der Waals surface area contributed by atoms with Crippen LogP contribution in [0.3, 0.4) is 0 Å². The zero-order valence-electron chi connectivity index (χ0n) is 54.7. The number of nitrogens with two attached hydrogens (primary N) is 2. The third-order valence-electron chi connectivity index (χ3n) is 17.8. The van der Waals surface area contributed by atoms with E-state index in [0.717, 1.165) is 66.7 Å². The first-order chi connectivity index (χ1) is 47.7. The second kappa shape index (κ2) is 31.4. The Balaban J connectivity index is 0.0000121. The highest BCUT2D eigenvalue weighted by atomic mass is 35.5. The van der Waals surface area contributed by atoms with Crippen LogP contribution in [0, 0.1) is 5.92 Å². The molecule has 7 amide bonds. The van der Waals surface area contributed by atoms with Gasteiger partial charge in [0.1, 0.15) is 89.5 Å². The minimum absolute atomic E-state index is 0. The third kappa shape index (κ3) is 16.3. The first-order valence-electron chi connectivity index (χ1n) is 31.6. The number of carbonyl (C=O) groups is 8. The Bertz CT molecular complexity index is 4080. The van der Waals surface area contributed by atoms with Crippen molar-refractivity contribution >= 4 is 82.9 Å². The minimum atomic E-state index is -2.35. The van der Waals surface area contributed by atoms with Crippen LogP contribution >= 0.6 is 35.6 Å². The van der Waals surface area contributed by atoms with Crippen molar-refractivity contribution in [2.24, 2.45) is 17.4 Å². The van der Waals surface area contributed by atoms with E-state index in [0.29, 0.717) is 0 Å². The molecule has 7 aliphatic heterocycles. The van der Waals surface area contributed by atoms with E-state index in [9.17, 15) is 75.0 Å². The van der Waals surface area contributed by atoms with Gasteiger partial charge in [0.2, 0.25) is 53.4 Å².